The van der Waals surface area contributed by atoms with E-state index in [0.29, 0.717) is 5.75 Å². The van der Waals surface area contributed by atoms with Gasteiger partial charge in [-0.1, -0.05) is 26.2 Å². The minimum absolute atomic E-state index is 0.295. The summed E-state index contributed by atoms with van der Waals surface area (Å²) in [6, 6.07) is 0. The fourth-order valence-electron chi connectivity index (χ4n) is 1.96. The molecule has 0 aromatic rings. The van der Waals surface area contributed by atoms with Gasteiger partial charge in [0, 0.05) is 5.75 Å². The van der Waals surface area contributed by atoms with Crippen LogP contribution in [0.3, 0.4) is 0 Å². The Hall–Kier alpha value is -0.0500. The van der Waals surface area contributed by atoms with E-state index in [9.17, 15) is 8.42 Å². The fraction of sp³-hybridized carbons (Fsp3) is 1.00. The van der Waals surface area contributed by atoms with Crippen LogP contribution in [0, 0.1) is 0 Å². The van der Waals surface area contributed by atoms with Crippen molar-refractivity contribution in [1.82, 2.24) is 0 Å². The largest absolute Gasteiger partial charge is 0.228 e. The molecule has 0 atom stereocenters. The highest BCUT2D eigenvalue weighted by molar-refractivity contribution is 7.92. The molecule has 1 rings (SSSR count). The Balaban J connectivity index is 2.83. The Morgan fingerprint density at radius 2 is 1.67 bits per heavy atom. The van der Waals surface area contributed by atoms with Crippen LogP contribution >= 0.6 is 0 Å². The molecule has 12 heavy (non-hydrogen) atoms. The topological polar surface area (TPSA) is 34.1 Å². The molecule has 0 spiro atoms. The summed E-state index contributed by atoms with van der Waals surface area (Å²) in [7, 11) is -2.82. The Kier molecular flexibility index (Phi) is 2.81. The highest BCUT2D eigenvalue weighted by Gasteiger charge is 2.38. The predicted molar refractivity (Wildman–Crippen MR) is 51.0 cm³/mol. The van der Waals surface area contributed by atoms with Crippen molar-refractivity contribution >= 4 is 9.84 Å². The van der Waals surface area contributed by atoms with Crippen molar-refractivity contribution in [3.05, 3.63) is 0 Å². The van der Waals surface area contributed by atoms with Crippen molar-refractivity contribution < 1.29 is 8.42 Å². The van der Waals surface area contributed by atoms with Crippen LogP contribution in [0.5, 0.6) is 0 Å². The highest BCUT2D eigenvalue weighted by atomic mass is 32.2. The van der Waals surface area contributed by atoms with Gasteiger partial charge in [0.25, 0.3) is 0 Å². The van der Waals surface area contributed by atoms with Crippen molar-refractivity contribution in [2.45, 2.75) is 50.7 Å². The second kappa shape index (κ2) is 3.36. The van der Waals surface area contributed by atoms with E-state index in [0.717, 1.165) is 25.7 Å². The molecule has 0 amide bonds. The van der Waals surface area contributed by atoms with E-state index in [1.807, 2.05) is 6.92 Å². The minimum atomic E-state index is -2.82. The molecule has 3 heteroatoms. The molecule has 0 heterocycles. The summed E-state index contributed by atoms with van der Waals surface area (Å²) in [6.45, 7) is 3.65. The summed E-state index contributed by atoms with van der Waals surface area (Å²) in [4.78, 5) is 0. The first-order valence-corrected chi connectivity index (χ1v) is 6.39. The molecule has 0 radical (unpaired) electrons. The molecule has 1 fully saturated rings. The zero-order valence-electron chi connectivity index (χ0n) is 7.97. The van der Waals surface area contributed by atoms with E-state index in [1.54, 1.807) is 6.92 Å². The lowest BCUT2D eigenvalue weighted by Crippen LogP contribution is -2.38. The van der Waals surface area contributed by atoms with Gasteiger partial charge in [-0.3, -0.25) is 0 Å². The van der Waals surface area contributed by atoms with Crippen LogP contribution < -0.4 is 0 Å². The Labute approximate surface area is 75.3 Å². The molecular formula is C9H18O2S. The standard InChI is InChI=1S/C9H18O2S/c1-3-12(10,11)9(2)7-5-4-6-8-9/h3-8H2,1-2H3. The van der Waals surface area contributed by atoms with Crippen molar-refractivity contribution in [3.8, 4) is 0 Å². The van der Waals surface area contributed by atoms with Crippen LogP contribution in [-0.2, 0) is 9.84 Å². The lowest BCUT2D eigenvalue weighted by Gasteiger charge is -2.32. The lowest BCUT2D eigenvalue weighted by atomic mass is 9.90. The van der Waals surface area contributed by atoms with Gasteiger partial charge in [-0.2, -0.15) is 0 Å². The average Bonchev–Trinajstić information content (AvgIpc) is 2.06. The number of hydrogen-bond acceptors (Lipinski definition) is 2. The molecule has 0 saturated heterocycles. The van der Waals surface area contributed by atoms with Gasteiger partial charge in [-0.05, 0) is 19.8 Å². The molecule has 72 valence electrons. The average molecular weight is 190 g/mol. The summed E-state index contributed by atoms with van der Waals surface area (Å²) in [5.41, 5.74) is 0. The smallest absolute Gasteiger partial charge is 0.155 e. The first-order valence-electron chi connectivity index (χ1n) is 4.74. The van der Waals surface area contributed by atoms with E-state index in [4.69, 9.17) is 0 Å². The third kappa shape index (κ3) is 1.65. The predicted octanol–water partition coefficient (Wildman–Crippen LogP) is 2.14. The van der Waals surface area contributed by atoms with Crippen LogP contribution in [0.4, 0.5) is 0 Å². The highest BCUT2D eigenvalue weighted by Crippen LogP contribution is 2.34. The second-order valence-corrected chi connectivity index (χ2v) is 6.71. The number of hydrogen-bond donors (Lipinski definition) is 0. The zero-order valence-corrected chi connectivity index (χ0v) is 8.78. The molecule has 1 aliphatic rings. The first-order chi connectivity index (χ1) is 5.52. The Morgan fingerprint density at radius 3 is 2.08 bits per heavy atom. The molecule has 0 aliphatic heterocycles. The summed E-state index contributed by atoms with van der Waals surface area (Å²) in [5, 5.41) is 0. The van der Waals surface area contributed by atoms with Crippen LogP contribution in [0.2, 0.25) is 0 Å². The molecule has 1 saturated carbocycles. The van der Waals surface area contributed by atoms with E-state index < -0.39 is 14.6 Å². The van der Waals surface area contributed by atoms with Gasteiger partial charge in [0.15, 0.2) is 9.84 Å². The van der Waals surface area contributed by atoms with E-state index in [-0.39, 0.29) is 0 Å². The van der Waals surface area contributed by atoms with Crippen LogP contribution in [0.15, 0.2) is 0 Å². The third-order valence-corrected chi connectivity index (χ3v) is 5.71. The van der Waals surface area contributed by atoms with E-state index in [1.165, 1.54) is 6.42 Å². The Bertz CT molecular complexity index is 235. The van der Waals surface area contributed by atoms with Gasteiger partial charge in [0.05, 0.1) is 4.75 Å². The maximum Gasteiger partial charge on any atom is 0.155 e. The first kappa shape index (κ1) is 10.0. The van der Waals surface area contributed by atoms with Crippen LogP contribution in [0.25, 0.3) is 0 Å². The molecule has 0 unspecified atom stereocenters. The normalized spacial score (nSPS) is 23.8. The van der Waals surface area contributed by atoms with Crippen molar-refractivity contribution in [2.75, 3.05) is 5.75 Å². The number of rotatable bonds is 2. The van der Waals surface area contributed by atoms with Gasteiger partial charge >= 0.3 is 0 Å². The lowest BCUT2D eigenvalue weighted by molar-refractivity contribution is 0.395. The summed E-state index contributed by atoms with van der Waals surface area (Å²) < 4.78 is 22.9. The van der Waals surface area contributed by atoms with Crippen molar-refractivity contribution in [2.24, 2.45) is 0 Å². The number of sulfone groups is 1. The van der Waals surface area contributed by atoms with Crippen LogP contribution in [0.1, 0.15) is 46.0 Å². The van der Waals surface area contributed by atoms with Gasteiger partial charge < -0.3 is 0 Å². The van der Waals surface area contributed by atoms with Gasteiger partial charge in [-0.15, -0.1) is 0 Å². The maximum atomic E-state index is 11.7. The fourth-order valence-corrected chi connectivity index (χ4v) is 3.57. The van der Waals surface area contributed by atoms with Gasteiger partial charge in [0.2, 0.25) is 0 Å². The zero-order chi connectivity index (χ0) is 9.24. The second-order valence-electron chi connectivity index (χ2n) is 3.91. The van der Waals surface area contributed by atoms with Gasteiger partial charge in [-0.25, -0.2) is 8.42 Å². The molecule has 1 aliphatic carbocycles. The van der Waals surface area contributed by atoms with Gasteiger partial charge in [0.1, 0.15) is 0 Å². The van der Waals surface area contributed by atoms with E-state index in [2.05, 4.69) is 0 Å². The quantitative estimate of drug-likeness (QED) is 0.668. The monoisotopic (exact) mass is 190 g/mol. The molecular weight excluding hydrogens is 172 g/mol. The molecule has 0 aromatic heterocycles. The summed E-state index contributed by atoms with van der Waals surface area (Å²) >= 11 is 0. The molecule has 0 aromatic carbocycles. The van der Waals surface area contributed by atoms with Crippen LogP contribution in [-0.4, -0.2) is 18.9 Å². The minimum Gasteiger partial charge on any atom is -0.228 e. The molecule has 0 N–H and O–H groups in total. The maximum absolute atomic E-state index is 11.7. The third-order valence-electron chi connectivity index (χ3n) is 3.04. The van der Waals surface area contributed by atoms with Crippen molar-refractivity contribution in [1.29, 1.82) is 0 Å². The van der Waals surface area contributed by atoms with E-state index >= 15 is 0 Å². The summed E-state index contributed by atoms with van der Waals surface area (Å²) in [5.74, 6) is 0.295. The molecule has 2 nitrogen and oxygen atoms in total. The SMILES string of the molecule is CCS(=O)(=O)C1(C)CCCCC1. The Morgan fingerprint density at radius 1 is 1.17 bits per heavy atom. The molecule has 0 bridgehead atoms. The summed E-state index contributed by atoms with van der Waals surface area (Å²) in [6.07, 6.45) is 5.09. The van der Waals surface area contributed by atoms with Crippen molar-refractivity contribution in [3.63, 3.8) is 0 Å².